The quantitative estimate of drug-likeness (QED) is 0.688. The Balaban J connectivity index is 1.81. The van der Waals surface area contributed by atoms with Gasteiger partial charge in [0.25, 0.3) is 5.91 Å². The molecule has 4 nitrogen and oxygen atoms in total. The molecule has 0 aliphatic carbocycles. The molecule has 0 radical (unpaired) electrons. The average molecular weight is 367 g/mol. The van der Waals surface area contributed by atoms with Gasteiger partial charge >= 0.3 is 6.18 Å². The number of nitrogens with one attached hydrogen (secondary N) is 1. The lowest BCUT2D eigenvalue weighted by molar-refractivity contribution is -0.140. The summed E-state index contributed by atoms with van der Waals surface area (Å²) in [5.74, 6) is -2.27. The zero-order valence-electron chi connectivity index (χ0n) is 12.3. The van der Waals surface area contributed by atoms with E-state index in [1.807, 2.05) is 30.3 Å². The van der Waals surface area contributed by atoms with Crippen LogP contribution in [0.5, 0.6) is 0 Å². The molecule has 1 N–H and O–H groups in total. The van der Waals surface area contributed by atoms with Gasteiger partial charge in [0.2, 0.25) is 5.13 Å². The lowest BCUT2D eigenvalue weighted by Crippen LogP contribution is -2.15. The topological polar surface area (TPSA) is 54.9 Å². The van der Waals surface area contributed by atoms with Crippen LogP contribution in [0.2, 0.25) is 0 Å². The fourth-order valence-corrected chi connectivity index (χ4v) is 2.77. The van der Waals surface area contributed by atoms with Crippen molar-refractivity contribution in [3.8, 4) is 10.6 Å². The molecule has 1 heterocycles. The van der Waals surface area contributed by atoms with Gasteiger partial charge in [-0.2, -0.15) is 13.2 Å². The monoisotopic (exact) mass is 367 g/mol. The maximum absolute atomic E-state index is 13.3. The summed E-state index contributed by atoms with van der Waals surface area (Å²) < 4.78 is 51.4. The predicted molar refractivity (Wildman–Crippen MR) is 84.7 cm³/mol. The van der Waals surface area contributed by atoms with Crippen molar-refractivity contribution in [3.63, 3.8) is 0 Å². The van der Waals surface area contributed by atoms with E-state index >= 15 is 0 Å². The summed E-state index contributed by atoms with van der Waals surface area (Å²) in [4.78, 5) is 12.1. The number of aromatic nitrogens is 2. The smallest absolute Gasteiger partial charge is 0.296 e. The minimum absolute atomic E-state index is 0.127. The number of benzene rings is 2. The largest absolute Gasteiger partial charge is 0.419 e. The Labute approximate surface area is 143 Å². The number of alkyl halides is 3. The molecule has 0 atom stereocenters. The molecule has 0 bridgehead atoms. The maximum atomic E-state index is 13.3. The number of rotatable bonds is 3. The zero-order valence-corrected chi connectivity index (χ0v) is 13.2. The molecule has 0 fully saturated rings. The van der Waals surface area contributed by atoms with Crippen molar-refractivity contribution < 1.29 is 22.4 Å². The molecule has 25 heavy (non-hydrogen) atoms. The van der Waals surface area contributed by atoms with Crippen molar-refractivity contribution in [1.29, 1.82) is 0 Å². The van der Waals surface area contributed by atoms with Gasteiger partial charge in [-0.25, -0.2) is 4.39 Å². The van der Waals surface area contributed by atoms with Crippen LogP contribution in [0.25, 0.3) is 10.6 Å². The van der Waals surface area contributed by atoms with Gasteiger partial charge in [-0.1, -0.05) is 41.7 Å². The van der Waals surface area contributed by atoms with Crippen molar-refractivity contribution in [2.75, 3.05) is 5.32 Å². The SMILES string of the molecule is O=C(Nc1nnc(-c2ccccc2)s1)c1ccc(F)c(C(F)(F)F)c1. The number of anilines is 1. The maximum Gasteiger partial charge on any atom is 0.419 e. The predicted octanol–water partition coefficient (Wildman–Crippen LogP) is 4.62. The molecule has 0 aliphatic rings. The highest BCUT2D eigenvalue weighted by atomic mass is 32.1. The summed E-state index contributed by atoms with van der Waals surface area (Å²) in [5.41, 5.74) is -1.03. The van der Waals surface area contributed by atoms with Crippen LogP contribution in [0, 0.1) is 5.82 Å². The van der Waals surface area contributed by atoms with Crippen molar-refractivity contribution in [2.45, 2.75) is 6.18 Å². The van der Waals surface area contributed by atoms with Gasteiger partial charge in [-0.15, -0.1) is 10.2 Å². The van der Waals surface area contributed by atoms with Gasteiger partial charge in [0, 0.05) is 11.1 Å². The number of hydrogen-bond donors (Lipinski definition) is 1. The van der Waals surface area contributed by atoms with E-state index in [0.717, 1.165) is 23.0 Å². The normalized spacial score (nSPS) is 11.4. The Morgan fingerprint density at radius 1 is 1.04 bits per heavy atom. The molecule has 1 amide bonds. The fourth-order valence-electron chi connectivity index (χ4n) is 2.02. The van der Waals surface area contributed by atoms with Crippen LogP contribution < -0.4 is 5.32 Å². The van der Waals surface area contributed by atoms with E-state index in [-0.39, 0.29) is 10.7 Å². The van der Waals surface area contributed by atoms with E-state index in [2.05, 4.69) is 15.5 Å². The van der Waals surface area contributed by atoms with Crippen molar-refractivity contribution in [2.24, 2.45) is 0 Å². The lowest BCUT2D eigenvalue weighted by Gasteiger charge is -2.09. The van der Waals surface area contributed by atoms with Gasteiger partial charge in [-0.3, -0.25) is 10.1 Å². The molecule has 2 aromatic carbocycles. The molecule has 9 heteroatoms. The van der Waals surface area contributed by atoms with Crippen LogP contribution in [0.3, 0.4) is 0 Å². The Hall–Kier alpha value is -2.81. The standard InChI is InChI=1S/C16H9F4N3OS/c17-12-7-6-10(8-11(12)16(18,19)20)13(24)21-15-23-22-14(25-15)9-4-2-1-3-5-9/h1-8H,(H,21,23,24). The first-order valence-corrected chi connectivity index (χ1v) is 7.73. The first kappa shape index (κ1) is 17.0. The molecule has 0 saturated heterocycles. The first-order valence-electron chi connectivity index (χ1n) is 6.91. The summed E-state index contributed by atoms with van der Waals surface area (Å²) in [6.45, 7) is 0. The van der Waals surface area contributed by atoms with Crippen LogP contribution in [-0.2, 0) is 6.18 Å². The second-order valence-corrected chi connectivity index (χ2v) is 5.90. The van der Waals surface area contributed by atoms with E-state index in [1.54, 1.807) is 0 Å². The van der Waals surface area contributed by atoms with Gasteiger partial charge in [-0.05, 0) is 18.2 Å². The molecule has 3 rings (SSSR count). The Morgan fingerprint density at radius 3 is 2.44 bits per heavy atom. The van der Waals surface area contributed by atoms with Crippen LogP contribution in [0.1, 0.15) is 15.9 Å². The molecule has 128 valence electrons. The molecular formula is C16H9F4N3OS. The van der Waals surface area contributed by atoms with Crippen molar-refractivity contribution in [3.05, 3.63) is 65.5 Å². The molecule has 3 aromatic rings. The van der Waals surface area contributed by atoms with Crippen molar-refractivity contribution >= 4 is 22.4 Å². The number of carbonyl (C=O) groups excluding carboxylic acids is 1. The highest BCUT2D eigenvalue weighted by Gasteiger charge is 2.34. The zero-order chi connectivity index (χ0) is 18.0. The molecule has 0 saturated carbocycles. The number of halogens is 4. The van der Waals surface area contributed by atoms with Gasteiger partial charge in [0.1, 0.15) is 10.8 Å². The summed E-state index contributed by atoms with van der Waals surface area (Å²) >= 11 is 1.07. The highest BCUT2D eigenvalue weighted by molar-refractivity contribution is 7.18. The number of carbonyl (C=O) groups is 1. The number of amides is 1. The molecule has 1 aromatic heterocycles. The van der Waals surface area contributed by atoms with E-state index in [4.69, 9.17) is 0 Å². The molecule has 0 unspecified atom stereocenters. The Kier molecular flexibility index (Phi) is 4.49. The van der Waals surface area contributed by atoms with Crippen LogP contribution >= 0.6 is 11.3 Å². The number of nitrogens with zero attached hydrogens (tertiary/aromatic N) is 2. The summed E-state index contributed by atoms with van der Waals surface area (Å²) in [6.07, 6.45) is -4.89. The molecule has 0 aliphatic heterocycles. The minimum Gasteiger partial charge on any atom is -0.296 e. The molecule has 0 spiro atoms. The third kappa shape index (κ3) is 3.82. The van der Waals surface area contributed by atoms with Crippen molar-refractivity contribution in [1.82, 2.24) is 10.2 Å². The third-order valence-electron chi connectivity index (χ3n) is 3.20. The first-order chi connectivity index (χ1) is 11.8. The summed E-state index contributed by atoms with van der Waals surface area (Å²) in [7, 11) is 0. The van der Waals surface area contributed by atoms with Crippen LogP contribution in [0.4, 0.5) is 22.7 Å². The highest BCUT2D eigenvalue weighted by Crippen LogP contribution is 2.32. The van der Waals surface area contributed by atoms with E-state index in [0.29, 0.717) is 17.1 Å². The molecular weight excluding hydrogens is 358 g/mol. The van der Waals surface area contributed by atoms with E-state index < -0.39 is 23.5 Å². The average Bonchev–Trinajstić information content (AvgIpc) is 3.03. The van der Waals surface area contributed by atoms with Gasteiger partial charge in [0.05, 0.1) is 5.56 Å². The minimum atomic E-state index is -4.89. The van der Waals surface area contributed by atoms with E-state index in [9.17, 15) is 22.4 Å². The summed E-state index contributed by atoms with van der Waals surface area (Å²) in [6, 6.07) is 11.1. The Bertz CT molecular complexity index is 909. The van der Waals surface area contributed by atoms with E-state index in [1.165, 1.54) is 0 Å². The third-order valence-corrected chi connectivity index (χ3v) is 4.09. The lowest BCUT2D eigenvalue weighted by atomic mass is 10.1. The second-order valence-electron chi connectivity index (χ2n) is 4.92. The van der Waals surface area contributed by atoms with Crippen LogP contribution in [0.15, 0.2) is 48.5 Å². The fraction of sp³-hybridized carbons (Fsp3) is 0.0625. The Morgan fingerprint density at radius 2 is 1.76 bits per heavy atom. The summed E-state index contributed by atoms with van der Waals surface area (Å²) in [5, 5.41) is 10.7. The second kappa shape index (κ2) is 6.60. The van der Waals surface area contributed by atoms with Gasteiger partial charge < -0.3 is 0 Å². The van der Waals surface area contributed by atoms with Crippen LogP contribution in [-0.4, -0.2) is 16.1 Å². The number of hydrogen-bond acceptors (Lipinski definition) is 4. The van der Waals surface area contributed by atoms with Gasteiger partial charge in [0.15, 0.2) is 0 Å².